The molecule has 1 aromatic rings. The van der Waals surface area contributed by atoms with E-state index in [-0.39, 0.29) is 24.2 Å². The van der Waals surface area contributed by atoms with Crippen molar-refractivity contribution in [2.24, 2.45) is 0 Å². The van der Waals surface area contributed by atoms with Crippen LogP contribution in [0.25, 0.3) is 0 Å². The van der Waals surface area contributed by atoms with E-state index in [9.17, 15) is 9.59 Å². The zero-order valence-electron chi connectivity index (χ0n) is 16.7. The summed E-state index contributed by atoms with van der Waals surface area (Å²) in [5.41, 5.74) is 0.489. The highest BCUT2D eigenvalue weighted by molar-refractivity contribution is 5.86. The van der Waals surface area contributed by atoms with Crippen LogP contribution >= 0.6 is 12.4 Å². The molecule has 3 rings (SSSR count). The smallest absolute Gasteiger partial charge is 0.254 e. The summed E-state index contributed by atoms with van der Waals surface area (Å²) in [6.45, 7) is 4.22. The summed E-state index contributed by atoms with van der Waals surface area (Å²) in [6.07, 6.45) is 3.52. The standard InChI is InChI=1S/C21H31N3O3.ClH/c1-27-21(10-12-22-13-11-21)20(26)24-15-5-14-23(16-17-24)19(25)9-8-18-6-3-2-4-7-18;/h2-4,6-7,22H,5,8-17H2,1H3;1H. The Kier molecular flexibility index (Phi) is 8.73. The summed E-state index contributed by atoms with van der Waals surface area (Å²) < 4.78 is 5.68. The molecular weight excluding hydrogens is 378 g/mol. The Morgan fingerprint density at radius 1 is 1.04 bits per heavy atom. The fourth-order valence-corrected chi connectivity index (χ4v) is 4.05. The van der Waals surface area contributed by atoms with Gasteiger partial charge in [0.2, 0.25) is 5.91 Å². The van der Waals surface area contributed by atoms with Crippen molar-refractivity contribution in [1.29, 1.82) is 0 Å². The van der Waals surface area contributed by atoms with Gasteiger partial charge in [-0.15, -0.1) is 12.4 Å². The van der Waals surface area contributed by atoms with Gasteiger partial charge in [0.15, 0.2) is 0 Å². The number of rotatable bonds is 5. The number of nitrogens with zero attached hydrogens (tertiary/aromatic N) is 2. The number of amides is 2. The minimum Gasteiger partial charge on any atom is -0.368 e. The van der Waals surface area contributed by atoms with Gasteiger partial charge in [0, 0.05) is 39.7 Å². The number of methoxy groups -OCH3 is 1. The first-order valence-electron chi connectivity index (χ1n) is 10.0. The Morgan fingerprint density at radius 2 is 1.68 bits per heavy atom. The van der Waals surface area contributed by atoms with Crippen LogP contribution in [-0.4, -0.2) is 73.6 Å². The Labute approximate surface area is 174 Å². The van der Waals surface area contributed by atoms with E-state index in [0.717, 1.165) is 32.5 Å². The van der Waals surface area contributed by atoms with Crippen molar-refractivity contribution in [3.05, 3.63) is 35.9 Å². The van der Waals surface area contributed by atoms with E-state index < -0.39 is 5.60 Å². The Hall–Kier alpha value is -1.63. The number of nitrogens with one attached hydrogen (secondary N) is 1. The molecule has 7 heteroatoms. The lowest BCUT2D eigenvalue weighted by Gasteiger charge is -2.38. The van der Waals surface area contributed by atoms with E-state index in [4.69, 9.17) is 4.74 Å². The second-order valence-corrected chi connectivity index (χ2v) is 7.46. The molecule has 2 fully saturated rings. The Balaban J connectivity index is 0.00000280. The van der Waals surface area contributed by atoms with Crippen LogP contribution in [0.5, 0.6) is 0 Å². The Bertz CT molecular complexity index is 635. The lowest BCUT2D eigenvalue weighted by molar-refractivity contribution is -0.158. The SMILES string of the molecule is COC1(C(=O)N2CCCN(C(=O)CCc3ccccc3)CC2)CCNCC1.Cl. The van der Waals surface area contributed by atoms with Gasteiger partial charge in [-0.05, 0) is 44.3 Å². The van der Waals surface area contributed by atoms with Gasteiger partial charge in [-0.25, -0.2) is 0 Å². The predicted molar refractivity (Wildman–Crippen MR) is 112 cm³/mol. The van der Waals surface area contributed by atoms with Crippen molar-refractivity contribution in [3.8, 4) is 0 Å². The summed E-state index contributed by atoms with van der Waals surface area (Å²) in [4.78, 5) is 29.5. The van der Waals surface area contributed by atoms with Crippen molar-refractivity contribution in [3.63, 3.8) is 0 Å². The summed E-state index contributed by atoms with van der Waals surface area (Å²) in [6, 6.07) is 10.1. The van der Waals surface area contributed by atoms with Gasteiger partial charge in [-0.2, -0.15) is 0 Å². The van der Waals surface area contributed by atoms with Crippen molar-refractivity contribution >= 4 is 24.2 Å². The molecule has 0 saturated carbocycles. The van der Waals surface area contributed by atoms with Crippen LogP contribution in [0.1, 0.15) is 31.2 Å². The minimum absolute atomic E-state index is 0. The number of ether oxygens (including phenoxy) is 1. The molecule has 0 atom stereocenters. The molecule has 0 radical (unpaired) electrons. The van der Waals surface area contributed by atoms with E-state index in [0.29, 0.717) is 38.9 Å². The number of hydrogen-bond acceptors (Lipinski definition) is 4. The van der Waals surface area contributed by atoms with Crippen LogP contribution in [-0.2, 0) is 20.7 Å². The number of carbonyl (C=O) groups is 2. The van der Waals surface area contributed by atoms with Crippen LogP contribution in [0.2, 0.25) is 0 Å². The highest BCUT2D eigenvalue weighted by atomic mass is 35.5. The fourth-order valence-electron chi connectivity index (χ4n) is 4.05. The van der Waals surface area contributed by atoms with E-state index in [1.165, 1.54) is 5.56 Å². The molecule has 6 nitrogen and oxygen atoms in total. The van der Waals surface area contributed by atoms with Gasteiger partial charge >= 0.3 is 0 Å². The van der Waals surface area contributed by atoms with E-state index >= 15 is 0 Å². The molecule has 2 aliphatic rings. The Morgan fingerprint density at radius 3 is 2.36 bits per heavy atom. The number of carbonyl (C=O) groups excluding carboxylic acids is 2. The van der Waals surface area contributed by atoms with Crippen molar-refractivity contribution < 1.29 is 14.3 Å². The van der Waals surface area contributed by atoms with Crippen LogP contribution in [0.4, 0.5) is 0 Å². The van der Waals surface area contributed by atoms with E-state index in [2.05, 4.69) is 17.4 Å². The number of hydrogen-bond donors (Lipinski definition) is 1. The molecule has 0 unspecified atom stereocenters. The molecule has 2 heterocycles. The highest BCUT2D eigenvalue weighted by Crippen LogP contribution is 2.26. The monoisotopic (exact) mass is 409 g/mol. The third kappa shape index (κ3) is 5.46. The van der Waals surface area contributed by atoms with Gasteiger partial charge in [0.25, 0.3) is 5.91 Å². The largest absolute Gasteiger partial charge is 0.368 e. The maximum Gasteiger partial charge on any atom is 0.254 e. The lowest BCUT2D eigenvalue weighted by Crippen LogP contribution is -2.56. The van der Waals surface area contributed by atoms with E-state index in [1.54, 1.807) is 7.11 Å². The maximum absolute atomic E-state index is 13.1. The van der Waals surface area contributed by atoms with Gasteiger partial charge in [-0.1, -0.05) is 30.3 Å². The second kappa shape index (κ2) is 10.8. The molecule has 156 valence electrons. The van der Waals surface area contributed by atoms with E-state index in [1.807, 2.05) is 28.0 Å². The van der Waals surface area contributed by atoms with Crippen molar-refractivity contribution in [2.45, 2.75) is 37.7 Å². The van der Waals surface area contributed by atoms with Crippen molar-refractivity contribution in [1.82, 2.24) is 15.1 Å². The number of halogens is 1. The van der Waals surface area contributed by atoms with Crippen molar-refractivity contribution in [2.75, 3.05) is 46.4 Å². The van der Waals surface area contributed by atoms with Gasteiger partial charge in [0.1, 0.15) is 5.60 Å². The quantitative estimate of drug-likeness (QED) is 0.806. The first kappa shape index (κ1) is 22.7. The second-order valence-electron chi connectivity index (χ2n) is 7.46. The summed E-state index contributed by atoms with van der Waals surface area (Å²) in [7, 11) is 1.64. The van der Waals surface area contributed by atoms with Gasteiger partial charge in [0.05, 0.1) is 0 Å². The molecule has 2 amide bonds. The number of aryl methyl sites for hydroxylation is 1. The molecule has 2 saturated heterocycles. The molecule has 28 heavy (non-hydrogen) atoms. The fraction of sp³-hybridized carbons (Fsp3) is 0.619. The summed E-state index contributed by atoms with van der Waals surface area (Å²) in [5, 5.41) is 3.29. The maximum atomic E-state index is 13.1. The normalized spacial score (nSPS) is 19.5. The average Bonchev–Trinajstić information content (AvgIpc) is 2.99. The molecule has 1 N–H and O–H groups in total. The third-order valence-corrected chi connectivity index (χ3v) is 5.80. The van der Waals surface area contributed by atoms with Gasteiger partial charge < -0.3 is 19.9 Å². The first-order chi connectivity index (χ1) is 13.1. The van der Waals surface area contributed by atoms with Crippen LogP contribution < -0.4 is 5.32 Å². The molecule has 0 bridgehead atoms. The highest BCUT2D eigenvalue weighted by Gasteiger charge is 2.42. The molecule has 1 aromatic carbocycles. The number of piperidine rings is 1. The minimum atomic E-state index is -0.697. The predicted octanol–water partition coefficient (Wildman–Crippen LogP) is 1.87. The zero-order chi connectivity index (χ0) is 19.1. The molecule has 0 spiro atoms. The zero-order valence-corrected chi connectivity index (χ0v) is 17.5. The van der Waals surface area contributed by atoms with Crippen LogP contribution in [0.3, 0.4) is 0 Å². The van der Waals surface area contributed by atoms with Gasteiger partial charge in [-0.3, -0.25) is 9.59 Å². The number of benzene rings is 1. The summed E-state index contributed by atoms with van der Waals surface area (Å²) in [5.74, 6) is 0.265. The molecule has 0 aliphatic carbocycles. The topological polar surface area (TPSA) is 61.9 Å². The molecule has 0 aromatic heterocycles. The average molecular weight is 410 g/mol. The third-order valence-electron chi connectivity index (χ3n) is 5.80. The molecular formula is C21H32ClN3O3. The molecule has 2 aliphatic heterocycles. The first-order valence-corrected chi connectivity index (χ1v) is 10.0. The van der Waals surface area contributed by atoms with Crippen LogP contribution in [0.15, 0.2) is 30.3 Å². The van der Waals surface area contributed by atoms with Crippen LogP contribution in [0, 0.1) is 0 Å². The lowest BCUT2D eigenvalue weighted by atomic mass is 9.90. The summed E-state index contributed by atoms with van der Waals surface area (Å²) >= 11 is 0.